The Balaban J connectivity index is 1.79. The summed E-state index contributed by atoms with van der Waals surface area (Å²) in [6, 6.07) is 6.35. The summed E-state index contributed by atoms with van der Waals surface area (Å²) in [5, 5.41) is 12.0. The fourth-order valence-electron chi connectivity index (χ4n) is 3.45. The van der Waals surface area contributed by atoms with Gasteiger partial charge in [0, 0.05) is 4.88 Å². The number of hydrogen-bond donors (Lipinski definition) is 2. The largest absolute Gasteiger partial charge is 0.465 e. The molecular formula is C22H25FN4O2S2. The van der Waals surface area contributed by atoms with Crippen molar-refractivity contribution >= 4 is 45.3 Å². The van der Waals surface area contributed by atoms with Crippen molar-refractivity contribution in [2.75, 3.05) is 17.7 Å². The summed E-state index contributed by atoms with van der Waals surface area (Å²) in [5.74, 6) is -0.650. The van der Waals surface area contributed by atoms with Crippen molar-refractivity contribution in [3.8, 4) is 0 Å². The topological polar surface area (TPSA) is 68.2 Å². The van der Waals surface area contributed by atoms with Crippen molar-refractivity contribution in [1.29, 1.82) is 0 Å². The molecule has 2 N–H and O–H groups in total. The molecule has 0 spiro atoms. The number of thiophene rings is 1. The molecule has 0 aliphatic carbocycles. The fraction of sp³-hybridized carbons (Fsp3) is 0.318. The minimum Gasteiger partial charge on any atom is -0.465 e. The van der Waals surface area contributed by atoms with Crippen molar-refractivity contribution < 1.29 is 13.9 Å². The Bertz CT molecular complexity index is 1120. The second-order valence-electron chi connectivity index (χ2n) is 7.10. The molecule has 0 fully saturated rings. The number of benzene rings is 1. The van der Waals surface area contributed by atoms with Crippen LogP contribution in [0.15, 0.2) is 24.3 Å². The highest BCUT2D eigenvalue weighted by molar-refractivity contribution is 7.80. The van der Waals surface area contributed by atoms with E-state index >= 15 is 0 Å². The van der Waals surface area contributed by atoms with E-state index in [0.717, 1.165) is 39.5 Å². The minimum absolute atomic E-state index is 0.266. The van der Waals surface area contributed by atoms with E-state index in [1.807, 2.05) is 32.4 Å². The number of carbonyl (C=O) groups excluding carboxylic acids is 1. The number of methoxy groups -OCH3 is 1. The van der Waals surface area contributed by atoms with Crippen LogP contribution in [0.4, 0.5) is 15.1 Å². The first-order chi connectivity index (χ1) is 14.7. The molecule has 9 heteroatoms. The highest BCUT2D eigenvalue weighted by Gasteiger charge is 2.23. The second kappa shape index (κ2) is 9.57. The molecule has 6 nitrogen and oxygen atoms in total. The van der Waals surface area contributed by atoms with E-state index in [9.17, 15) is 9.18 Å². The van der Waals surface area contributed by atoms with Crippen LogP contribution < -0.4 is 10.6 Å². The molecule has 164 valence electrons. The Labute approximate surface area is 190 Å². The number of anilines is 2. The van der Waals surface area contributed by atoms with Gasteiger partial charge in [-0.15, -0.1) is 11.3 Å². The normalized spacial score (nSPS) is 10.8. The number of halogens is 1. The van der Waals surface area contributed by atoms with Crippen LogP contribution in [0, 0.1) is 26.6 Å². The fourth-order valence-corrected chi connectivity index (χ4v) is 4.86. The maximum atomic E-state index is 13.2. The Hall–Kier alpha value is -2.78. The number of thiocarbonyl (C=S) groups is 1. The van der Waals surface area contributed by atoms with Gasteiger partial charge in [0.15, 0.2) is 5.11 Å². The van der Waals surface area contributed by atoms with Crippen molar-refractivity contribution in [3.63, 3.8) is 0 Å². The van der Waals surface area contributed by atoms with Gasteiger partial charge in [0.1, 0.15) is 10.8 Å². The Morgan fingerprint density at radius 1 is 1.23 bits per heavy atom. The predicted molar refractivity (Wildman–Crippen MR) is 127 cm³/mol. The number of ether oxygens (including phenoxy) is 1. The predicted octanol–water partition coefficient (Wildman–Crippen LogP) is 5.22. The molecule has 0 amide bonds. The molecule has 0 bridgehead atoms. The highest BCUT2D eigenvalue weighted by Crippen LogP contribution is 2.34. The molecular weight excluding hydrogens is 435 g/mol. The number of esters is 1. The van der Waals surface area contributed by atoms with Gasteiger partial charge in [-0.3, -0.25) is 4.68 Å². The summed E-state index contributed by atoms with van der Waals surface area (Å²) in [7, 11) is 1.37. The summed E-state index contributed by atoms with van der Waals surface area (Å²) in [6.07, 6.45) is 0.725. The molecule has 0 radical (unpaired) electrons. The van der Waals surface area contributed by atoms with Crippen LogP contribution in [-0.4, -0.2) is 28.0 Å². The Kier molecular flexibility index (Phi) is 7.07. The third-order valence-electron chi connectivity index (χ3n) is 5.04. The van der Waals surface area contributed by atoms with Crippen LogP contribution in [0.2, 0.25) is 0 Å². The molecule has 0 saturated heterocycles. The Morgan fingerprint density at radius 3 is 2.52 bits per heavy atom. The van der Waals surface area contributed by atoms with Gasteiger partial charge < -0.3 is 15.4 Å². The monoisotopic (exact) mass is 460 g/mol. The molecule has 2 aromatic heterocycles. The zero-order chi connectivity index (χ0) is 22.7. The zero-order valence-electron chi connectivity index (χ0n) is 18.1. The lowest BCUT2D eigenvalue weighted by Gasteiger charge is -2.12. The van der Waals surface area contributed by atoms with Crippen LogP contribution in [0.3, 0.4) is 0 Å². The molecule has 31 heavy (non-hydrogen) atoms. The first kappa shape index (κ1) is 22.9. The number of aromatic nitrogens is 2. The van der Waals surface area contributed by atoms with Gasteiger partial charge in [-0.2, -0.15) is 5.10 Å². The van der Waals surface area contributed by atoms with E-state index in [0.29, 0.717) is 22.2 Å². The standard InChI is InChI=1S/C22H25FN4O2S2/c1-6-17-14(4)31-20(18(17)21(28)29-5)25-22(30)24-19-12(2)26-27(13(19)3)11-15-7-9-16(23)10-8-15/h7-10H,6,11H2,1-5H3,(H2,24,25,30). The number of carbonyl (C=O) groups is 1. The minimum atomic E-state index is -0.383. The van der Waals surface area contributed by atoms with Crippen LogP contribution in [0.25, 0.3) is 0 Å². The van der Waals surface area contributed by atoms with Gasteiger partial charge in [0.05, 0.1) is 36.3 Å². The molecule has 2 heterocycles. The zero-order valence-corrected chi connectivity index (χ0v) is 19.8. The molecule has 3 aromatic rings. The van der Waals surface area contributed by atoms with Crippen LogP contribution in [0.1, 0.15) is 44.7 Å². The van der Waals surface area contributed by atoms with Crippen LogP contribution in [-0.2, 0) is 17.7 Å². The van der Waals surface area contributed by atoms with Crippen LogP contribution in [0.5, 0.6) is 0 Å². The lowest BCUT2D eigenvalue weighted by molar-refractivity contribution is 0.0601. The van der Waals surface area contributed by atoms with Gasteiger partial charge in [-0.25, -0.2) is 9.18 Å². The van der Waals surface area contributed by atoms with Crippen molar-refractivity contribution in [2.45, 2.75) is 40.7 Å². The van der Waals surface area contributed by atoms with Gasteiger partial charge in [0.2, 0.25) is 0 Å². The molecule has 0 atom stereocenters. The van der Waals surface area contributed by atoms with Gasteiger partial charge in [-0.05, 0) is 62.7 Å². The molecule has 0 aliphatic rings. The number of aryl methyl sites for hydroxylation is 2. The first-order valence-electron chi connectivity index (χ1n) is 9.82. The second-order valence-corrected chi connectivity index (χ2v) is 8.73. The molecule has 0 unspecified atom stereocenters. The summed E-state index contributed by atoms with van der Waals surface area (Å²) >= 11 is 6.99. The Morgan fingerprint density at radius 2 is 1.90 bits per heavy atom. The van der Waals surface area contributed by atoms with Gasteiger partial charge in [-0.1, -0.05) is 19.1 Å². The maximum absolute atomic E-state index is 13.2. The summed E-state index contributed by atoms with van der Waals surface area (Å²) in [4.78, 5) is 13.4. The quantitative estimate of drug-likeness (QED) is 0.389. The van der Waals surface area contributed by atoms with E-state index < -0.39 is 0 Å². The van der Waals surface area contributed by atoms with Crippen LogP contribution >= 0.6 is 23.6 Å². The molecule has 0 aliphatic heterocycles. The maximum Gasteiger partial charge on any atom is 0.341 e. The van der Waals surface area contributed by atoms with Crippen molar-refractivity contribution in [2.24, 2.45) is 0 Å². The lowest BCUT2D eigenvalue weighted by Crippen LogP contribution is -2.21. The van der Waals surface area contributed by atoms with Gasteiger partial charge >= 0.3 is 5.97 Å². The number of nitrogens with zero attached hydrogens (tertiary/aromatic N) is 2. The first-order valence-corrected chi connectivity index (χ1v) is 11.0. The summed E-state index contributed by atoms with van der Waals surface area (Å²) < 4.78 is 20.0. The van der Waals surface area contributed by atoms with E-state index in [-0.39, 0.29) is 11.8 Å². The third kappa shape index (κ3) is 4.94. The smallest absolute Gasteiger partial charge is 0.341 e. The molecule has 1 aromatic carbocycles. The SMILES string of the molecule is CCc1c(C)sc(NC(=S)Nc2c(C)nn(Cc3ccc(F)cc3)c2C)c1C(=O)OC. The summed E-state index contributed by atoms with van der Waals surface area (Å²) in [5.41, 5.74) is 4.91. The molecule has 0 saturated carbocycles. The molecule has 3 rings (SSSR count). The van der Waals surface area contributed by atoms with Crippen molar-refractivity contribution in [1.82, 2.24) is 9.78 Å². The number of hydrogen-bond acceptors (Lipinski definition) is 5. The number of nitrogens with one attached hydrogen (secondary N) is 2. The van der Waals surface area contributed by atoms with Crippen molar-refractivity contribution in [3.05, 3.63) is 63.0 Å². The lowest BCUT2D eigenvalue weighted by atomic mass is 10.1. The number of rotatable bonds is 6. The van der Waals surface area contributed by atoms with E-state index in [1.54, 1.807) is 12.1 Å². The third-order valence-corrected chi connectivity index (χ3v) is 6.31. The summed E-state index contributed by atoms with van der Waals surface area (Å²) in [6.45, 7) is 8.34. The highest BCUT2D eigenvalue weighted by atomic mass is 32.1. The van der Waals surface area contributed by atoms with E-state index in [1.165, 1.54) is 30.6 Å². The van der Waals surface area contributed by atoms with E-state index in [4.69, 9.17) is 17.0 Å². The average molecular weight is 461 g/mol. The van der Waals surface area contributed by atoms with Gasteiger partial charge in [0.25, 0.3) is 0 Å². The average Bonchev–Trinajstić information content (AvgIpc) is 3.19. The van der Waals surface area contributed by atoms with E-state index in [2.05, 4.69) is 15.7 Å².